The second-order valence-electron chi connectivity index (χ2n) is 13.7. The number of aromatic nitrogens is 2. The summed E-state index contributed by atoms with van der Waals surface area (Å²) in [6, 6.07) is 51.4. The van der Waals surface area contributed by atoms with Crippen LogP contribution in [0.5, 0.6) is 0 Å². The van der Waals surface area contributed by atoms with Gasteiger partial charge >= 0.3 is 0 Å². The summed E-state index contributed by atoms with van der Waals surface area (Å²) in [5.41, 5.74) is 11.4. The van der Waals surface area contributed by atoms with Crippen LogP contribution in [0.3, 0.4) is 0 Å². The van der Waals surface area contributed by atoms with Crippen LogP contribution in [-0.4, -0.2) is 9.13 Å². The highest BCUT2D eigenvalue weighted by molar-refractivity contribution is 6.24. The number of allylic oxidation sites excluding steroid dienone is 5. The predicted molar refractivity (Wildman–Crippen MR) is 233 cm³/mol. The van der Waals surface area contributed by atoms with E-state index in [0.717, 1.165) is 94.5 Å². The first-order valence-electron chi connectivity index (χ1n) is 19.0. The van der Waals surface area contributed by atoms with Crippen LogP contribution in [0.1, 0.15) is 19.4 Å². The van der Waals surface area contributed by atoms with Crippen molar-refractivity contribution in [1.29, 1.82) is 0 Å². The van der Waals surface area contributed by atoms with Crippen molar-refractivity contribution in [1.82, 2.24) is 9.13 Å². The average molecular weight is 711 g/mol. The molecule has 11 aromatic rings. The summed E-state index contributed by atoms with van der Waals surface area (Å²) in [6.07, 6.45) is 9.22. The molecule has 0 amide bonds. The summed E-state index contributed by atoms with van der Waals surface area (Å²) in [7, 11) is 0. The van der Waals surface area contributed by atoms with Crippen molar-refractivity contribution in [2.24, 2.45) is 0 Å². The second kappa shape index (κ2) is 13.1. The van der Waals surface area contributed by atoms with Crippen LogP contribution in [0.4, 0.5) is 0 Å². The Hall–Kier alpha value is -7.04. The molecule has 11 rings (SSSR count). The number of para-hydroxylation sites is 4. The van der Waals surface area contributed by atoms with Crippen molar-refractivity contribution in [3.63, 3.8) is 0 Å². The van der Waals surface area contributed by atoms with Gasteiger partial charge in [0.05, 0.1) is 27.5 Å². The summed E-state index contributed by atoms with van der Waals surface area (Å²) < 4.78 is 17.7. The standard InChI is InChI=1S/C49H32N2O2.C2H6/c1-2-32(50-42-23-10-6-21-40(42)46-43(50)29-28-38-35-19-7-11-24-44(35)52-48(38)46)16-4-3-14-31-15-13-17-33(30-31)51-41-22-9-5-18-34(41)37-26-27-39-36-20-8-12-25-45(36)53-49(39)47(37)51;1-2/h2-13,15-30H,1,14H2;1-2H3/b4-3-,32-16+;. The summed E-state index contributed by atoms with van der Waals surface area (Å²) >= 11 is 0. The molecule has 4 heteroatoms. The molecule has 0 atom stereocenters. The molecule has 264 valence electrons. The zero-order valence-corrected chi connectivity index (χ0v) is 30.8. The predicted octanol–water partition coefficient (Wildman–Crippen LogP) is 14.5. The Balaban J connectivity index is 0.00000183. The van der Waals surface area contributed by atoms with E-state index in [2.05, 4.69) is 155 Å². The minimum atomic E-state index is 0.777. The Morgan fingerprint density at radius 1 is 0.564 bits per heavy atom. The van der Waals surface area contributed by atoms with Crippen LogP contribution in [0.2, 0.25) is 0 Å². The lowest BCUT2D eigenvalue weighted by Crippen LogP contribution is -1.95. The molecule has 4 aromatic heterocycles. The van der Waals surface area contributed by atoms with Gasteiger partial charge in [-0.2, -0.15) is 0 Å². The number of hydrogen-bond acceptors (Lipinski definition) is 2. The number of nitrogens with zero attached hydrogens (tertiary/aromatic N) is 2. The van der Waals surface area contributed by atoms with E-state index in [9.17, 15) is 0 Å². The van der Waals surface area contributed by atoms with Crippen LogP contribution in [0.15, 0.2) is 185 Å². The molecule has 0 N–H and O–H groups in total. The van der Waals surface area contributed by atoms with Gasteiger partial charge in [-0.3, -0.25) is 0 Å². The van der Waals surface area contributed by atoms with E-state index in [0.29, 0.717) is 0 Å². The van der Waals surface area contributed by atoms with E-state index in [4.69, 9.17) is 8.83 Å². The number of hydrogen-bond donors (Lipinski definition) is 0. The fourth-order valence-corrected chi connectivity index (χ4v) is 8.44. The number of fused-ring (bicyclic) bond motifs is 14. The fraction of sp³-hybridized carbons (Fsp3) is 0.0588. The van der Waals surface area contributed by atoms with E-state index in [1.807, 2.05) is 44.2 Å². The van der Waals surface area contributed by atoms with Crippen molar-refractivity contribution in [2.75, 3.05) is 0 Å². The Morgan fingerprint density at radius 2 is 1.18 bits per heavy atom. The molecule has 0 saturated heterocycles. The topological polar surface area (TPSA) is 36.1 Å². The molecular weight excluding hydrogens is 673 g/mol. The molecule has 0 fully saturated rings. The maximum atomic E-state index is 6.57. The normalized spacial score (nSPS) is 12.4. The maximum absolute atomic E-state index is 6.57. The van der Waals surface area contributed by atoms with Crippen LogP contribution in [0, 0.1) is 0 Å². The van der Waals surface area contributed by atoms with Gasteiger partial charge in [-0.05, 0) is 78.7 Å². The summed E-state index contributed by atoms with van der Waals surface area (Å²) in [5.74, 6) is 0. The van der Waals surface area contributed by atoms with Crippen LogP contribution < -0.4 is 0 Å². The van der Waals surface area contributed by atoms with Crippen molar-refractivity contribution in [3.05, 3.63) is 182 Å². The van der Waals surface area contributed by atoms with Gasteiger partial charge in [0.15, 0.2) is 5.58 Å². The molecule has 0 unspecified atom stereocenters. The van der Waals surface area contributed by atoms with E-state index in [1.54, 1.807) is 0 Å². The van der Waals surface area contributed by atoms with E-state index in [-0.39, 0.29) is 0 Å². The molecular formula is C51H38N2O2. The highest BCUT2D eigenvalue weighted by atomic mass is 16.3. The van der Waals surface area contributed by atoms with Gasteiger partial charge in [-0.25, -0.2) is 0 Å². The minimum absolute atomic E-state index is 0.777. The first-order valence-corrected chi connectivity index (χ1v) is 19.0. The molecule has 4 nitrogen and oxygen atoms in total. The maximum Gasteiger partial charge on any atom is 0.160 e. The largest absolute Gasteiger partial charge is 0.455 e. The first kappa shape index (κ1) is 32.6. The van der Waals surface area contributed by atoms with Crippen molar-refractivity contribution in [3.8, 4) is 5.69 Å². The molecule has 4 heterocycles. The van der Waals surface area contributed by atoms with Gasteiger partial charge in [-0.1, -0.05) is 124 Å². The van der Waals surface area contributed by atoms with Gasteiger partial charge in [0, 0.05) is 49.1 Å². The van der Waals surface area contributed by atoms with E-state index in [1.165, 1.54) is 16.3 Å². The molecule has 7 aromatic carbocycles. The zero-order valence-electron chi connectivity index (χ0n) is 30.8. The van der Waals surface area contributed by atoms with Gasteiger partial charge in [-0.15, -0.1) is 0 Å². The lowest BCUT2D eigenvalue weighted by atomic mass is 10.1. The third-order valence-corrected chi connectivity index (χ3v) is 10.8. The van der Waals surface area contributed by atoms with Crippen LogP contribution >= 0.6 is 0 Å². The third-order valence-electron chi connectivity index (χ3n) is 10.8. The van der Waals surface area contributed by atoms with E-state index < -0.39 is 0 Å². The molecule has 0 radical (unpaired) electrons. The lowest BCUT2D eigenvalue weighted by molar-refractivity contribution is 0.671. The monoisotopic (exact) mass is 710 g/mol. The van der Waals surface area contributed by atoms with E-state index >= 15 is 0 Å². The molecule has 0 bridgehead atoms. The molecule has 55 heavy (non-hydrogen) atoms. The minimum Gasteiger partial charge on any atom is -0.455 e. The Morgan fingerprint density at radius 3 is 1.95 bits per heavy atom. The molecule has 0 aliphatic heterocycles. The van der Waals surface area contributed by atoms with Gasteiger partial charge in [0.25, 0.3) is 0 Å². The van der Waals surface area contributed by atoms with Crippen molar-refractivity contribution < 1.29 is 8.83 Å². The van der Waals surface area contributed by atoms with Gasteiger partial charge < -0.3 is 18.0 Å². The summed E-state index contributed by atoms with van der Waals surface area (Å²) in [6.45, 7) is 8.23. The molecule has 0 aliphatic carbocycles. The smallest absolute Gasteiger partial charge is 0.160 e. The highest BCUT2D eigenvalue weighted by Gasteiger charge is 2.20. The highest BCUT2D eigenvalue weighted by Crippen LogP contribution is 2.42. The van der Waals surface area contributed by atoms with Gasteiger partial charge in [0.2, 0.25) is 0 Å². The Kier molecular flexibility index (Phi) is 7.77. The first-order chi connectivity index (χ1) is 27.3. The number of rotatable bonds is 6. The molecule has 0 aliphatic rings. The van der Waals surface area contributed by atoms with Crippen LogP contribution in [-0.2, 0) is 6.42 Å². The SMILES string of the molecule is C=C/C(=C\C=C/Cc1cccc(-n2c3ccccc3c3ccc4c5ccccc5oc4c32)c1)n1c2ccccc2c2c3oc4ccccc4c3ccc21.CC. The quantitative estimate of drug-likeness (QED) is 0.161. The van der Waals surface area contributed by atoms with Crippen LogP contribution in [0.25, 0.3) is 98.9 Å². The average Bonchev–Trinajstić information content (AvgIpc) is 3.99. The number of furan rings is 2. The van der Waals surface area contributed by atoms with Crippen molar-refractivity contribution in [2.45, 2.75) is 20.3 Å². The summed E-state index contributed by atoms with van der Waals surface area (Å²) in [5, 5.41) is 9.20. The third kappa shape index (κ3) is 4.99. The second-order valence-corrected chi connectivity index (χ2v) is 13.7. The van der Waals surface area contributed by atoms with Crippen molar-refractivity contribution >= 4 is 93.2 Å². The summed E-state index contributed by atoms with van der Waals surface area (Å²) in [4.78, 5) is 0. The fourth-order valence-electron chi connectivity index (χ4n) is 8.44. The van der Waals surface area contributed by atoms with Gasteiger partial charge in [0.1, 0.15) is 16.7 Å². The zero-order chi connectivity index (χ0) is 37.0. The molecule has 0 saturated carbocycles. The Bertz CT molecular complexity index is 3340. The Labute approximate surface area is 318 Å². The lowest BCUT2D eigenvalue weighted by Gasteiger charge is -2.10. The number of benzene rings is 7. The molecule has 0 spiro atoms.